The number of nitrogens with one attached hydrogen (secondary N) is 2. The van der Waals surface area contributed by atoms with E-state index in [1.54, 1.807) is 17.0 Å². The molecule has 2 heterocycles. The monoisotopic (exact) mass is 347 g/mol. The van der Waals surface area contributed by atoms with Crippen molar-refractivity contribution < 1.29 is 19.1 Å². The van der Waals surface area contributed by atoms with Gasteiger partial charge in [-0.3, -0.25) is 9.59 Å². The molecule has 1 unspecified atom stereocenters. The highest BCUT2D eigenvalue weighted by Gasteiger charge is 2.29. The van der Waals surface area contributed by atoms with E-state index >= 15 is 0 Å². The van der Waals surface area contributed by atoms with Crippen LogP contribution in [0.1, 0.15) is 6.92 Å². The molecule has 0 aromatic heterocycles. The molecule has 136 valence electrons. The van der Waals surface area contributed by atoms with Crippen LogP contribution < -0.4 is 15.4 Å². The number of rotatable bonds is 6. The number of nitrogens with zero attached hydrogens (tertiary/aromatic N) is 1. The van der Waals surface area contributed by atoms with E-state index < -0.39 is 0 Å². The molecule has 3 rings (SSSR count). The summed E-state index contributed by atoms with van der Waals surface area (Å²) in [5.41, 5.74) is 0.599. The van der Waals surface area contributed by atoms with E-state index in [4.69, 9.17) is 9.47 Å². The summed E-state index contributed by atoms with van der Waals surface area (Å²) < 4.78 is 10.9. The van der Waals surface area contributed by atoms with Crippen LogP contribution in [0.25, 0.3) is 0 Å². The number of morpholine rings is 1. The van der Waals surface area contributed by atoms with Gasteiger partial charge < -0.3 is 25.0 Å². The number of para-hydroxylation sites is 2. The molecule has 2 aliphatic heterocycles. The Morgan fingerprint density at radius 3 is 2.72 bits per heavy atom. The van der Waals surface area contributed by atoms with Gasteiger partial charge >= 0.3 is 0 Å². The highest BCUT2D eigenvalue weighted by Crippen LogP contribution is 2.26. The molecule has 2 fully saturated rings. The fourth-order valence-corrected chi connectivity index (χ4v) is 2.86. The Bertz CT molecular complexity index is 612. The average molecular weight is 347 g/mol. The Kier molecular flexibility index (Phi) is 5.88. The molecule has 0 aliphatic carbocycles. The quantitative estimate of drug-likeness (QED) is 0.793. The van der Waals surface area contributed by atoms with Crippen LogP contribution in [-0.2, 0) is 14.3 Å². The maximum Gasteiger partial charge on any atom is 0.260 e. The number of ether oxygens (including phenoxy) is 2. The van der Waals surface area contributed by atoms with Crippen LogP contribution in [0.15, 0.2) is 24.3 Å². The van der Waals surface area contributed by atoms with Crippen molar-refractivity contribution >= 4 is 17.5 Å². The molecule has 0 saturated carbocycles. The van der Waals surface area contributed by atoms with Crippen LogP contribution >= 0.6 is 0 Å². The van der Waals surface area contributed by atoms with Crippen LogP contribution in [0, 0.1) is 11.8 Å². The van der Waals surface area contributed by atoms with Crippen LogP contribution in [0.3, 0.4) is 0 Å². The zero-order chi connectivity index (χ0) is 17.6. The Hall–Kier alpha value is -2.12. The van der Waals surface area contributed by atoms with Gasteiger partial charge in [0.25, 0.3) is 5.91 Å². The Morgan fingerprint density at radius 1 is 1.32 bits per heavy atom. The number of carbonyl (C=O) groups excluding carboxylic acids is 2. The van der Waals surface area contributed by atoms with E-state index in [0.29, 0.717) is 43.7 Å². The largest absolute Gasteiger partial charge is 0.482 e. The third kappa shape index (κ3) is 4.49. The van der Waals surface area contributed by atoms with Crippen molar-refractivity contribution in [2.45, 2.75) is 6.92 Å². The van der Waals surface area contributed by atoms with Gasteiger partial charge in [0, 0.05) is 19.0 Å². The minimum Gasteiger partial charge on any atom is -0.482 e. The van der Waals surface area contributed by atoms with Gasteiger partial charge in [0.05, 0.1) is 18.9 Å². The maximum atomic E-state index is 12.4. The number of benzene rings is 1. The first-order chi connectivity index (χ1) is 12.1. The standard InChI is InChI=1S/C18H25N3O4/c1-13(14-10-19-11-14)18(23)20-15-4-2-3-5-16(15)25-12-17(22)21-6-8-24-9-7-21/h2-5,13-14,19H,6-12H2,1H3,(H,20,23). The summed E-state index contributed by atoms with van der Waals surface area (Å²) in [6.07, 6.45) is 0. The molecule has 2 saturated heterocycles. The van der Waals surface area contributed by atoms with Crippen molar-refractivity contribution in [3.8, 4) is 5.75 Å². The zero-order valence-electron chi connectivity index (χ0n) is 14.5. The van der Waals surface area contributed by atoms with Crippen molar-refractivity contribution in [1.82, 2.24) is 10.2 Å². The fourth-order valence-electron chi connectivity index (χ4n) is 2.86. The van der Waals surface area contributed by atoms with E-state index in [1.165, 1.54) is 0 Å². The van der Waals surface area contributed by atoms with Gasteiger partial charge in [0.2, 0.25) is 5.91 Å². The van der Waals surface area contributed by atoms with Crippen LogP contribution in [0.5, 0.6) is 5.75 Å². The van der Waals surface area contributed by atoms with Crippen molar-refractivity contribution in [3.63, 3.8) is 0 Å². The predicted octanol–water partition coefficient (Wildman–Crippen LogP) is 0.718. The number of hydrogen-bond donors (Lipinski definition) is 2. The summed E-state index contributed by atoms with van der Waals surface area (Å²) in [5.74, 6) is 0.719. The second-order valence-corrected chi connectivity index (χ2v) is 6.47. The van der Waals surface area contributed by atoms with Crippen molar-refractivity contribution in [1.29, 1.82) is 0 Å². The first-order valence-corrected chi connectivity index (χ1v) is 8.74. The minimum atomic E-state index is -0.0710. The summed E-state index contributed by atoms with van der Waals surface area (Å²) in [4.78, 5) is 26.3. The van der Waals surface area contributed by atoms with Gasteiger partial charge in [-0.2, -0.15) is 0 Å². The lowest BCUT2D eigenvalue weighted by Gasteiger charge is -2.31. The molecule has 1 aromatic rings. The summed E-state index contributed by atoms with van der Waals surface area (Å²) in [6, 6.07) is 7.21. The van der Waals surface area contributed by atoms with E-state index in [1.807, 2.05) is 19.1 Å². The Morgan fingerprint density at radius 2 is 2.04 bits per heavy atom. The molecule has 2 aliphatic rings. The van der Waals surface area contributed by atoms with Gasteiger partial charge in [-0.25, -0.2) is 0 Å². The third-order valence-electron chi connectivity index (χ3n) is 4.79. The molecule has 1 aromatic carbocycles. The number of amides is 2. The van der Waals surface area contributed by atoms with Gasteiger partial charge in [-0.05, 0) is 31.1 Å². The molecule has 1 atom stereocenters. The highest BCUT2D eigenvalue weighted by atomic mass is 16.5. The third-order valence-corrected chi connectivity index (χ3v) is 4.79. The second kappa shape index (κ2) is 8.31. The lowest BCUT2D eigenvalue weighted by atomic mass is 9.88. The van der Waals surface area contributed by atoms with E-state index in [2.05, 4.69) is 10.6 Å². The molecule has 7 heteroatoms. The summed E-state index contributed by atoms with van der Waals surface area (Å²) in [7, 11) is 0. The summed E-state index contributed by atoms with van der Waals surface area (Å²) in [6.45, 7) is 5.95. The number of hydrogen-bond acceptors (Lipinski definition) is 5. The lowest BCUT2D eigenvalue weighted by Crippen LogP contribution is -2.48. The normalized spacial score (nSPS) is 19.0. The Labute approximate surface area is 147 Å². The predicted molar refractivity (Wildman–Crippen MR) is 93.5 cm³/mol. The lowest BCUT2D eigenvalue weighted by molar-refractivity contribution is -0.137. The zero-order valence-corrected chi connectivity index (χ0v) is 14.5. The van der Waals surface area contributed by atoms with Crippen molar-refractivity contribution in [2.75, 3.05) is 51.3 Å². The molecule has 0 spiro atoms. The number of anilines is 1. The molecule has 25 heavy (non-hydrogen) atoms. The van der Waals surface area contributed by atoms with Crippen molar-refractivity contribution in [3.05, 3.63) is 24.3 Å². The summed E-state index contributed by atoms with van der Waals surface area (Å²) >= 11 is 0. The smallest absolute Gasteiger partial charge is 0.260 e. The van der Waals surface area contributed by atoms with Gasteiger partial charge in [-0.1, -0.05) is 19.1 Å². The molecular formula is C18H25N3O4. The van der Waals surface area contributed by atoms with Crippen LogP contribution in [0.2, 0.25) is 0 Å². The molecule has 0 bridgehead atoms. The van der Waals surface area contributed by atoms with Crippen LogP contribution in [0.4, 0.5) is 5.69 Å². The maximum absolute atomic E-state index is 12.4. The highest BCUT2D eigenvalue weighted by molar-refractivity contribution is 5.94. The second-order valence-electron chi connectivity index (χ2n) is 6.47. The molecule has 0 radical (unpaired) electrons. The van der Waals surface area contributed by atoms with E-state index in [9.17, 15) is 9.59 Å². The van der Waals surface area contributed by atoms with Gasteiger partial charge in [-0.15, -0.1) is 0 Å². The average Bonchev–Trinajstić information content (AvgIpc) is 2.60. The molecule has 2 N–H and O–H groups in total. The minimum absolute atomic E-state index is 0.0259. The van der Waals surface area contributed by atoms with E-state index in [0.717, 1.165) is 13.1 Å². The Balaban J connectivity index is 1.56. The first kappa shape index (κ1) is 17.7. The SMILES string of the molecule is CC(C(=O)Nc1ccccc1OCC(=O)N1CCOCC1)C1CNC1. The topological polar surface area (TPSA) is 79.9 Å². The van der Waals surface area contributed by atoms with Gasteiger partial charge in [0.1, 0.15) is 5.75 Å². The molecular weight excluding hydrogens is 322 g/mol. The van der Waals surface area contributed by atoms with E-state index in [-0.39, 0.29) is 24.3 Å². The van der Waals surface area contributed by atoms with Crippen molar-refractivity contribution in [2.24, 2.45) is 11.8 Å². The number of carbonyl (C=O) groups is 2. The first-order valence-electron chi connectivity index (χ1n) is 8.74. The molecule has 2 amide bonds. The van der Waals surface area contributed by atoms with Gasteiger partial charge in [0.15, 0.2) is 6.61 Å². The van der Waals surface area contributed by atoms with Crippen LogP contribution in [-0.4, -0.2) is 62.7 Å². The molecule has 7 nitrogen and oxygen atoms in total. The fraction of sp³-hybridized carbons (Fsp3) is 0.556. The summed E-state index contributed by atoms with van der Waals surface area (Å²) in [5, 5.41) is 6.11.